The molecule has 1 heterocycles. The van der Waals surface area contributed by atoms with Crippen LogP contribution in [0, 0.1) is 0 Å². The molecule has 0 aromatic carbocycles. The lowest BCUT2D eigenvalue weighted by Gasteiger charge is -2.13. The molecule has 0 aromatic rings. The van der Waals surface area contributed by atoms with E-state index in [1.54, 1.807) is 0 Å². The molecule has 1 rings (SSSR count). The normalized spacial score (nSPS) is 23.8. The van der Waals surface area contributed by atoms with Crippen molar-refractivity contribution in [2.45, 2.75) is 12.2 Å². The Bertz CT molecular complexity index is 233. The van der Waals surface area contributed by atoms with Crippen LogP contribution in [0.2, 0.25) is 0 Å². The van der Waals surface area contributed by atoms with Crippen LogP contribution < -0.4 is 0 Å². The number of cyclic esters (lactones) is 1. The summed E-state index contributed by atoms with van der Waals surface area (Å²) in [6, 6.07) is 0. The second-order valence-corrected chi connectivity index (χ2v) is 2.31. The van der Waals surface area contributed by atoms with E-state index in [1.807, 2.05) is 0 Å². The molecule has 0 aliphatic carbocycles. The van der Waals surface area contributed by atoms with E-state index in [0.29, 0.717) is 0 Å². The van der Waals surface area contributed by atoms with Gasteiger partial charge in [-0.15, -0.1) is 0 Å². The van der Waals surface area contributed by atoms with Gasteiger partial charge in [0.15, 0.2) is 11.9 Å². The summed E-state index contributed by atoms with van der Waals surface area (Å²) in [6.45, 7) is -0.671. The zero-order valence-electron chi connectivity index (χ0n) is 6.47. The zero-order valence-corrected chi connectivity index (χ0v) is 6.47. The molecule has 0 bridgehead atoms. The van der Waals surface area contributed by atoms with Crippen LogP contribution in [-0.4, -0.2) is 50.7 Å². The minimum absolute atomic E-state index is 0. The van der Waals surface area contributed by atoms with E-state index in [2.05, 4.69) is 4.74 Å². The van der Waals surface area contributed by atoms with Gasteiger partial charge < -0.3 is 30.6 Å². The van der Waals surface area contributed by atoms with Gasteiger partial charge >= 0.3 is 5.97 Å². The van der Waals surface area contributed by atoms with E-state index in [-0.39, 0.29) is 5.48 Å². The van der Waals surface area contributed by atoms with Gasteiger partial charge in [-0.2, -0.15) is 0 Å². The van der Waals surface area contributed by atoms with Gasteiger partial charge in [-0.25, -0.2) is 4.79 Å². The predicted molar refractivity (Wildman–Crippen MR) is 38.9 cm³/mol. The molecule has 0 amide bonds. The highest BCUT2D eigenvalue weighted by atomic mass is 16.6. The van der Waals surface area contributed by atoms with Crippen LogP contribution in [0.1, 0.15) is 0 Å². The van der Waals surface area contributed by atoms with Gasteiger partial charge in [0.05, 0.1) is 6.61 Å². The van der Waals surface area contributed by atoms with Gasteiger partial charge in [0.25, 0.3) is 0 Å². The molecule has 76 valence electrons. The Hall–Kier alpha value is -1.31. The summed E-state index contributed by atoms with van der Waals surface area (Å²) in [4.78, 5) is 10.5. The molecule has 7 heteroatoms. The topological polar surface area (TPSA) is 139 Å². The molecule has 0 fully saturated rings. The Morgan fingerprint density at radius 1 is 1.46 bits per heavy atom. The SMILES string of the molecule is O.O=C1O[C@H]([C@H](O)CO)C(O)=C1O. The minimum Gasteiger partial charge on any atom is -0.505 e. The van der Waals surface area contributed by atoms with E-state index < -0.39 is 36.3 Å². The summed E-state index contributed by atoms with van der Waals surface area (Å²) < 4.78 is 4.32. The first-order valence-corrected chi connectivity index (χ1v) is 3.20. The Morgan fingerprint density at radius 2 is 2.00 bits per heavy atom. The standard InChI is InChI=1S/C6H8O6.H2O/c7-1-2(8)5-3(9)4(10)6(11)12-5;/h2,5,7-10H,1H2;1H2/t2-,5-;/m1./s1. The van der Waals surface area contributed by atoms with Crippen molar-refractivity contribution in [1.82, 2.24) is 0 Å². The van der Waals surface area contributed by atoms with Crippen LogP contribution in [0.3, 0.4) is 0 Å². The maximum absolute atomic E-state index is 10.5. The number of aliphatic hydroxyl groups excluding tert-OH is 4. The van der Waals surface area contributed by atoms with Crippen LogP contribution in [0.25, 0.3) is 0 Å². The van der Waals surface area contributed by atoms with Crippen LogP contribution in [0.4, 0.5) is 0 Å². The van der Waals surface area contributed by atoms with Gasteiger partial charge in [-0.05, 0) is 0 Å². The molecule has 0 radical (unpaired) electrons. The lowest BCUT2D eigenvalue weighted by atomic mass is 10.2. The fraction of sp³-hybridized carbons (Fsp3) is 0.500. The molecule has 6 N–H and O–H groups in total. The Labute approximate surface area is 72.8 Å². The molecule has 1 aliphatic heterocycles. The van der Waals surface area contributed by atoms with E-state index in [0.717, 1.165) is 0 Å². The number of esters is 1. The summed E-state index contributed by atoms with van der Waals surface area (Å²) in [5.41, 5.74) is 0. The summed E-state index contributed by atoms with van der Waals surface area (Å²) in [5, 5.41) is 35.0. The summed E-state index contributed by atoms with van der Waals surface area (Å²) in [7, 11) is 0. The van der Waals surface area contributed by atoms with Crippen LogP contribution in [-0.2, 0) is 9.53 Å². The van der Waals surface area contributed by atoms with Gasteiger partial charge in [0.2, 0.25) is 5.76 Å². The number of ether oxygens (including phenoxy) is 1. The second-order valence-electron chi connectivity index (χ2n) is 2.31. The Balaban J connectivity index is 0.00000144. The first-order valence-electron chi connectivity index (χ1n) is 3.20. The first kappa shape index (κ1) is 11.7. The van der Waals surface area contributed by atoms with Crippen molar-refractivity contribution in [2.24, 2.45) is 0 Å². The quantitative estimate of drug-likeness (QED) is 0.367. The smallest absolute Gasteiger partial charge is 0.377 e. The van der Waals surface area contributed by atoms with E-state index in [1.165, 1.54) is 0 Å². The third kappa shape index (κ3) is 1.89. The fourth-order valence-corrected chi connectivity index (χ4v) is 0.823. The summed E-state index contributed by atoms with van der Waals surface area (Å²) in [6.07, 6.45) is -2.78. The van der Waals surface area contributed by atoms with Crippen LogP contribution >= 0.6 is 0 Å². The third-order valence-corrected chi connectivity index (χ3v) is 1.48. The maximum Gasteiger partial charge on any atom is 0.377 e. The molecule has 1 aliphatic rings. The first-order chi connectivity index (χ1) is 5.57. The van der Waals surface area contributed by atoms with E-state index in [4.69, 9.17) is 20.4 Å². The van der Waals surface area contributed by atoms with Gasteiger partial charge in [0, 0.05) is 0 Å². The average molecular weight is 194 g/mol. The van der Waals surface area contributed by atoms with Crippen molar-refractivity contribution >= 4 is 5.97 Å². The molecule has 0 saturated heterocycles. The number of hydrogen-bond donors (Lipinski definition) is 4. The molecule has 0 saturated carbocycles. The van der Waals surface area contributed by atoms with Gasteiger partial charge in [0.1, 0.15) is 6.10 Å². The van der Waals surface area contributed by atoms with Gasteiger partial charge in [-0.1, -0.05) is 0 Å². The van der Waals surface area contributed by atoms with Crippen LogP contribution in [0.5, 0.6) is 0 Å². The van der Waals surface area contributed by atoms with Gasteiger partial charge in [-0.3, -0.25) is 0 Å². The third-order valence-electron chi connectivity index (χ3n) is 1.48. The molecule has 13 heavy (non-hydrogen) atoms. The number of rotatable bonds is 2. The zero-order chi connectivity index (χ0) is 9.30. The van der Waals surface area contributed by atoms with E-state index >= 15 is 0 Å². The van der Waals surface area contributed by atoms with Crippen molar-refractivity contribution in [1.29, 1.82) is 0 Å². The maximum atomic E-state index is 10.5. The van der Waals surface area contributed by atoms with Crippen molar-refractivity contribution in [3.8, 4) is 0 Å². The Kier molecular flexibility index (Phi) is 3.67. The van der Waals surface area contributed by atoms with Crippen molar-refractivity contribution < 1.29 is 35.4 Å². The molecule has 0 spiro atoms. The highest BCUT2D eigenvalue weighted by molar-refractivity contribution is 5.89. The number of hydrogen-bond acceptors (Lipinski definition) is 6. The highest BCUT2D eigenvalue weighted by Gasteiger charge is 2.38. The Morgan fingerprint density at radius 3 is 2.31 bits per heavy atom. The molecular formula is C6H10O7. The molecular weight excluding hydrogens is 184 g/mol. The van der Waals surface area contributed by atoms with Crippen molar-refractivity contribution in [3.63, 3.8) is 0 Å². The average Bonchev–Trinajstić information content (AvgIpc) is 2.32. The predicted octanol–water partition coefficient (Wildman–Crippen LogP) is -2.23. The van der Waals surface area contributed by atoms with Crippen molar-refractivity contribution in [2.75, 3.05) is 6.61 Å². The number of aliphatic hydroxyl groups is 4. The van der Waals surface area contributed by atoms with E-state index in [9.17, 15) is 4.79 Å². The summed E-state index contributed by atoms with van der Waals surface area (Å²) in [5.74, 6) is -2.78. The molecule has 7 nitrogen and oxygen atoms in total. The number of carbonyl (C=O) groups excluding carboxylic acids is 1. The minimum atomic E-state index is -1.42. The lowest BCUT2D eigenvalue weighted by Crippen LogP contribution is -2.31. The summed E-state index contributed by atoms with van der Waals surface area (Å²) >= 11 is 0. The molecule has 0 unspecified atom stereocenters. The fourth-order valence-electron chi connectivity index (χ4n) is 0.823. The largest absolute Gasteiger partial charge is 0.505 e. The monoisotopic (exact) mass is 194 g/mol. The highest BCUT2D eigenvalue weighted by Crippen LogP contribution is 2.20. The second kappa shape index (κ2) is 4.08. The van der Waals surface area contributed by atoms with Crippen LogP contribution in [0.15, 0.2) is 11.5 Å². The number of carbonyl (C=O) groups is 1. The molecule has 2 atom stereocenters. The molecule has 0 aromatic heterocycles. The lowest BCUT2D eigenvalue weighted by molar-refractivity contribution is -0.147. The van der Waals surface area contributed by atoms with Crippen molar-refractivity contribution in [3.05, 3.63) is 11.5 Å².